The molecule has 1 aromatic heterocycles. The molecule has 3 aromatic rings. The highest BCUT2D eigenvalue weighted by atomic mass is 19.4. The molecule has 0 bridgehead atoms. The van der Waals surface area contributed by atoms with Crippen LogP contribution in [0.25, 0.3) is 0 Å². The number of aromatic nitrogens is 2. The summed E-state index contributed by atoms with van der Waals surface area (Å²) in [4.78, 5) is 30.9. The number of alkyl halides is 3. The summed E-state index contributed by atoms with van der Waals surface area (Å²) >= 11 is 0. The van der Waals surface area contributed by atoms with E-state index in [-0.39, 0.29) is 18.3 Å². The van der Waals surface area contributed by atoms with Gasteiger partial charge in [-0.2, -0.15) is 18.2 Å². The summed E-state index contributed by atoms with van der Waals surface area (Å²) in [5.74, 6) is -0.600. The molecule has 10 nitrogen and oxygen atoms in total. The molecule has 208 valence electrons. The number of amides is 2. The molecule has 0 fully saturated rings. The zero-order valence-corrected chi connectivity index (χ0v) is 21.1. The average Bonchev–Trinajstić information content (AvgIpc) is 2.91. The highest BCUT2D eigenvalue weighted by Crippen LogP contribution is 2.35. The lowest BCUT2D eigenvalue weighted by Gasteiger charge is -2.15. The van der Waals surface area contributed by atoms with Crippen LogP contribution in [-0.2, 0) is 15.8 Å². The van der Waals surface area contributed by atoms with Crippen LogP contribution in [0.15, 0.2) is 54.7 Å². The number of hydrogen-bond donors (Lipinski definition) is 5. The van der Waals surface area contributed by atoms with Crippen molar-refractivity contribution in [2.75, 3.05) is 23.1 Å². The van der Waals surface area contributed by atoms with E-state index < -0.39 is 23.5 Å². The topological polar surface area (TPSA) is 138 Å². The van der Waals surface area contributed by atoms with Crippen LogP contribution in [0, 0.1) is 0 Å². The second-order valence-electron chi connectivity index (χ2n) is 8.51. The predicted octanol–water partition coefficient (Wildman–Crippen LogP) is 5.78. The van der Waals surface area contributed by atoms with Gasteiger partial charge >= 0.3 is 6.18 Å². The van der Waals surface area contributed by atoms with Crippen molar-refractivity contribution in [3.05, 3.63) is 60.3 Å². The zero-order valence-electron chi connectivity index (χ0n) is 21.1. The number of nitrogens with zero attached hydrogens (tertiary/aromatic N) is 2. The Morgan fingerprint density at radius 3 is 2.21 bits per heavy atom. The molecular weight excluding hydrogens is 517 g/mol. The number of benzene rings is 2. The summed E-state index contributed by atoms with van der Waals surface area (Å²) in [6.45, 7) is 0. The van der Waals surface area contributed by atoms with Gasteiger partial charge in [-0.05, 0) is 49.2 Å². The van der Waals surface area contributed by atoms with Gasteiger partial charge in [-0.15, -0.1) is 0 Å². The normalized spacial score (nSPS) is 11.0. The molecule has 3 rings (SSSR count). The number of rotatable bonds is 13. The number of nitrogens with one attached hydrogen (secondary N) is 4. The van der Waals surface area contributed by atoms with Gasteiger partial charge < -0.3 is 20.7 Å². The maximum atomic E-state index is 13.6. The molecule has 1 heterocycles. The first-order valence-corrected chi connectivity index (χ1v) is 12.1. The minimum absolute atomic E-state index is 0.0540. The molecule has 0 spiro atoms. The Kier molecular flexibility index (Phi) is 10.4. The lowest BCUT2D eigenvalue weighted by atomic mass is 10.1. The van der Waals surface area contributed by atoms with Crippen LogP contribution in [0.1, 0.15) is 44.1 Å². The van der Waals surface area contributed by atoms with Crippen LogP contribution in [0.2, 0.25) is 0 Å². The summed E-state index contributed by atoms with van der Waals surface area (Å²) in [5, 5.41) is 16.8. The number of hydroxylamine groups is 1. The van der Waals surface area contributed by atoms with Gasteiger partial charge in [0.1, 0.15) is 17.1 Å². The van der Waals surface area contributed by atoms with E-state index in [4.69, 9.17) is 9.94 Å². The molecule has 2 aromatic carbocycles. The van der Waals surface area contributed by atoms with Crippen molar-refractivity contribution in [1.29, 1.82) is 0 Å². The van der Waals surface area contributed by atoms with E-state index in [0.29, 0.717) is 48.3 Å². The summed E-state index contributed by atoms with van der Waals surface area (Å²) in [6, 6.07) is 13.0. The smallest absolute Gasteiger partial charge is 0.421 e. The number of carbonyl (C=O) groups excluding carboxylic acids is 2. The third-order valence-electron chi connectivity index (χ3n) is 5.53. The second-order valence-corrected chi connectivity index (χ2v) is 8.51. The number of unbranched alkanes of at least 4 members (excludes halogenated alkanes) is 3. The Morgan fingerprint density at radius 1 is 0.897 bits per heavy atom. The summed E-state index contributed by atoms with van der Waals surface area (Å²) in [6.07, 6.45) is -0.590. The van der Waals surface area contributed by atoms with Gasteiger partial charge in [0.2, 0.25) is 17.8 Å². The third-order valence-corrected chi connectivity index (χ3v) is 5.53. The molecule has 0 saturated heterocycles. The van der Waals surface area contributed by atoms with E-state index in [1.165, 1.54) is 7.11 Å². The number of ether oxygens (including phenoxy) is 1. The molecule has 0 aliphatic heterocycles. The molecule has 2 amide bonds. The van der Waals surface area contributed by atoms with Crippen LogP contribution >= 0.6 is 0 Å². The summed E-state index contributed by atoms with van der Waals surface area (Å²) < 4.78 is 45.8. The van der Waals surface area contributed by atoms with Crippen molar-refractivity contribution in [3.8, 4) is 5.75 Å². The first-order chi connectivity index (χ1) is 18.7. The van der Waals surface area contributed by atoms with Gasteiger partial charge in [0, 0.05) is 42.2 Å². The number of hydrogen-bond acceptors (Lipinski definition) is 8. The molecule has 0 atom stereocenters. The van der Waals surface area contributed by atoms with Crippen molar-refractivity contribution in [2.45, 2.75) is 44.7 Å². The quantitative estimate of drug-likeness (QED) is 0.103. The number of carbonyl (C=O) groups is 2. The van der Waals surface area contributed by atoms with Gasteiger partial charge in [-0.3, -0.25) is 14.8 Å². The van der Waals surface area contributed by atoms with Gasteiger partial charge in [0.05, 0.1) is 7.11 Å². The molecule has 0 saturated carbocycles. The molecule has 13 heteroatoms. The van der Waals surface area contributed by atoms with Crippen molar-refractivity contribution in [2.24, 2.45) is 0 Å². The Morgan fingerprint density at radius 2 is 1.56 bits per heavy atom. The molecule has 0 aliphatic rings. The van der Waals surface area contributed by atoms with Crippen molar-refractivity contribution >= 4 is 40.6 Å². The second kappa shape index (κ2) is 14.0. The van der Waals surface area contributed by atoms with E-state index in [1.807, 2.05) is 0 Å². The standard InChI is InChI=1S/C26H29F3N6O4/c1-39-20-8-6-7-19(15-20)32-24-21(26(27,28)29)16-30-25(34-24)33-18-13-11-17(12-14-18)31-22(36)9-4-2-3-5-10-23(37)35-38/h6-8,11-16,38H,2-5,9-10H2,1H3,(H,31,36)(H,35,37)(H2,30,32,33,34). The van der Waals surface area contributed by atoms with E-state index in [2.05, 4.69) is 25.9 Å². The maximum Gasteiger partial charge on any atom is 0.421 e. The number of halogens is 3. The first kappa shape index (κ1) is 29.2. The largest absolute Gasteiger partial charge is 0.497 e. The molecule has 5 N–H and O–H groups in total. The van der Waals surface area contributed by atoms with Crippen LogP contribution in [0.4, 0.5) is 42.0 Å². The minimum atomic E-state index is -4.67. The maximum absolute atomic E-state index is 13.6. The average molecular weight is 547 g/mol. The molecule has 0 aliphatic carbocycles. The van der Waals surface area contributed by atoms with Crippen molar-refractivity contribution in [1.82, 2.24) is 15.4 Å². The highest BCUT2D eigenvalue weighted by molar-refractivity contribution is 5.90. The fourth-order valence-corrected chi connectivity index (χ4v) is 3.55. The number of anilines is 5. The van der Waals surface area contributed by atoms with Crippen LogP contribution in [-0.4, -0.2) is 34.1 Å². The highest BCUT2D eigenvalue weighted by Gasteiger charge is 2.35. The Bertz CT molecular complexity index is 1260. The Labute approximate surface area is 223 Å². The van der Waals surface area contributed by atoms with Crippen LogP contribution in [0.5, 0.6) is 5.75 Å². The first-order valence-electron chi connectivity index (χ1n) is 12.1. The summed E-state index contributed by atoms with van der Waals surface area (Å²) in [5.41, 5.74) is 1.98. The van der Waals surface area contributed by atoms with Gasteiger partial charge in [-0.1, -0.05) is 18.9 Å². The van der Waals surface area contributed by atoms with E-state index >= 15 is 0 Å². The van der Waals surface area contributed by atoms with Crippen molar-refractivity contribution < 1.29 is 32.7 Å². The Hall–Kier alpha value is -4.39. The van der Waals surface area contributed by atoms with E-state index in [9.17, 15) is 22.8 Å². The van der Waals surface area contributed by atoms with E-state index in [1.54, 1.807) is 54.0 Å². The summed E-state index contributed by atoms with van der Waals surface area (Å²) in [7, 11) is 1.46. The molecular formula is C26H29F3N6O4. The minimum Gasteiger partial charge on any atom is -0.497 e. The third kappa shape index (κ3) is 9.45. The van der Waals surface area contributed by atoms with Gasteiger partial charge in [-0.25, -0.2) is 10.5 Å². The van der Waals surface area contributed by atoms with Gasteiger partial charge in [0.15, 0.2) is 0 Å². The monoisotopic (exact) mass is 546 g/mol. The number of methoxy groups -OCH3 is 1. The van der Waals surface area contributed by atoms with Crippen LogP contribution < -0.4 is 26.2 Å². The lowest BCUT2D eigenvalue weighted by molar-refractivity contribution is -0.137. The van der Waals surface area contributed by atoms with Crippen LogP contribution in [0.3, 0.4) is 0 Å². The Balaban J connectivity index is 1.57. The molecule has 0 unspecified atom stereocenters. The van der Waals surface area contributed by atoms with Gasteiger partial charge in [0.25, 0.3) is 0 Å². The predicted molar refractivity (Wildman–Crippen MR) is 139 cm³/mol. The fraction of sp³-hybridized carbons (Fsp3) is 0.308. The van der Waals surface area contributed by atoms with Crippen molar-refractivity contribution in [3.63, 3.8) is 0 Å². The molecule has 39 heavy (non-hydrogen) atoms. The fourth-order valence-electron chi connectivity index (χ4n) is 3.55. The lowest BCUT2D eigenvalue weighted by Crippen LogP contribution is -2.17. The zero-order chi connectivity index (χ0) is 28.3. The SMILES string of the molecule is COc1cccc(Nc2nc(Nc3ccc(NC(=O)CCCCCCC(=O)NO)cc3)ncc2C(F)(F)F)c1. The van der Waals surface area contributed by atoms with E-state index in [0.717, 1.165) is 12.8 Å². The molecule has 0 radical (unpaired) electrons.